The number of hydrogen-bond donors (Lipinski definition) is 2. The van der Waals surface area contributed by atoms with E-state index in [2.05, 4.69) is 9.46 Å². The second-order valence-electron chi connectivity index (χ2n) is 2.90. The van der Waals surface area contributed by atoms with Gasteiger partial charge in [-0.15, -0.1) is 0 Å². The third-order valence-corrected chi connectivity index (χ3v) is 2.90. The molecule has 7 heteroatoms. The van der Waals surface area contributed by atoms with Crippen LogP contribution in [0, 0.1) is 5.92 Å². The van der Waals surface area contributed by atoms with E-state index in [1.165, 1.54) is 14.0 Å². The second kappa shape index (κ2) is 5.94. The van der Waals surface area contributed by atoms with Gasteiger partial charge in [0.2, 0.25) is 10.0 Å². The second-order valence-corrected chi connectivity index (χ2v) is 4.83. The number of nitrogens with one attached hydrogen (secondary N) is 1. The number of methoxy groups -OCH3 is 1. The molecule has 0 saturated carbocycles. The molecule has 0 spiro atoms. The molecular weight excluding hydrogens is 210 g/mol. The third-order valence-electron chi connectivity index (χ3n) is 1.59. The van der Waals surface area contributed by atoms with Crippen molar-refractivity contribution in [1.29, 1.82) is 0 Å². The van der Waals surface area contributed by atoms with Crippen LogP contribution in [0.15, 0.2) is 0 Å². The van der Waals surface area contributed by atoms with Crippen molar-refractivity contribution in [2.24, 2.45) is 5.92 Å². The molecule has 0 saturated heterocycles. The molecule has 0 aromatic carbocycles. The van der Waals surface area contributed by atoms with E-state index in [1.807, 2.05) is 0 Å². The molecule has 0 aliphatic heterocycles. The lowest BCUT2D eigenvalue weighted by Gasteiger charge is -2.08. The first-order chi connectivity index (χ1) is 6.39. The van der Waals surface area contributed by atoms with Gasteiger partial charge in [-0.2, -0.15) is 0 Å². The average Bonchev–Trinajstić information content (AvgIpc) is 2.11. The van der Waals surface area contributed by atoms with E-state index >= 15 is 0 Å². The minimum absolute atomic E-state index is 0.0940. The lowest BCUT2D eigenvalue weighted by atomic mass is 10.2. The first-order valence-electron chi connectivity index (χ1n) is 4.08. The summed E-state index contributed by atoms with van der Waals surface area (Å²) < 4.78 is 29.0. The van der Waals surface area contributed by atoms with Gasteiger partial charge in [-0.3, -0.25) is 4.79 Å². The third kappa shape index (κ3) is 5.90. The molecular formula is C7H15NO5S. The predicted octanol–water partition coefficient (Wildman–Crippen LogP) is -0.727. The first kappa shape index (κ1) is 13.3. The lowest BCUT2D eigenvalue weighted by molar-refractivity contribution is -0.140. The molecule has 14 heavy (non-hydrogen) atoms. The van der Waals surface area contributed by atoms with Crippen molar-refractivity contribution >= 4 is 16.0 Å². The topological polar surface area (TPSA) is 92.7 Å². The Morgan fingerprint density at radius 3 is 2.57 bits per heavy atom. The molecule has 0 aliphatic carbocycles. The molecule has 6 nitrogen and oxygen atoms in total. The summed E-state index contributed by atoms with van der Waals surface area (Å²) in [5.41, 5.74) is 0. The Balaban J connectivity index is 3.93. The Bertz CT molecular complexity index is 274. The molecule has 0 radical (unpaired) electrons. The largest absolute Gasteiger partial charge is 0.481 e. The Morgan fingerprint density at radius 2 is 2.14 bits per heavy atom. The van der Waals surface area contributed by atoms with Crippen LogP contribution >= 0.6 is 0 Å². The van der Waals surface area contributed by atoms with Crippen LogP contribution in [-0.4, -0.2) is 45.5 Å². The van der Waals surface area contributed by atoms with Crippen molar-refractivity contribution in [1.82, 2.24) is 4.72 Å². The van der Waals surface area contributed by atoms with Crippen LogP contribution in [-0.2, 0) is 19.6 Å². The number of aliphatic carboxylic acids is 1. The normalized spacial score (nSPS) is 13.9. The lowest BCUT2D eigenvalue weighted by Crippen LogP contribution is -2.34. The van der Waals surface area contributed by atoms with E-state index in [0.29, 0.717) is 0 Å². The standard InChI is InChI=1S/C7H15NO5S/c1-6(7(9)10)5-8-14(11,12)4-3-13-2/h6,8H,3-5H2,1-2H3,(H,9,10). The summed E-state index contributed by atoms with van der Waals surface area (Å²) in [4.78, 5) is 10.4. The minimum Gasteiger partial charge on any atom is -0.481 e. The quantitative estimate of drug-likeness (QED) is 0.596. The zero-order chi connectivity index (χ0) is 11.2. The fourth-order valence-electron chi connectivity index (χ4n) is 0.604. The molecule has 0 amide bonds. The van der Waals surface area contributed by atoms with Crippen LogP contribution in [0.3, 0.4) is 0 Å². The molecule has 0 aliphatic rings. The summed E-state index contributed by atoms with van der Waals surface area (Å²) >= 11 is 0. The van der Waals surface area contributed by atoms with Gasteiger partial charge < -0.3 is 9.84 Å². The smallest absolute Gasteiger partial charge is 0.307 e. The molecule has 0 aromatic heterocycles. The molecule has 1 atom stereocenters. The van der Waals surface area contributed by atoms with Crippen molar-refractivity contribution in [2.75, 3.05) is 26.0 Å². The number of carboxylic acid groups (broad SMARTS) is 1. The highest BCUT2D eigenvalue weighted by molar-refractivity contribution is 7.89. The Kier molecular flexibility index (Phi) is 5.66. The summed E-state index contributed by atoms with van der Waals surface area (Å²) in [5, 5.41) is 8.50. The van der Waals surface area contributed by atoms with E-state index in [9.17, 15) is 13.2 Å². The van der Waals surface area contributed by atoms with Crippen LogP contribution in [0.25, 0.3) is 0 Å². The fourth-order valence-corrected chi connectivity index (χ4v) is 1.64. The maximum Gasteiger partial charge on any atom is 0.307 e. The molecule has 0 rings (SSSR count). The van der Waals surface area contributed by atoms with Crippen molar-refractivity contribution < 1.29 is 23.1 Å². The van der Waals surface area contributed by atoms with Crippen molar-refractivity contribution in [3.63, 3.8) is 0 Å². The van der Waals surface area contributed by atoms with Gasteiger partial charge in [-0.25, -0.2) is 13.1 Å². The van der Waals surface area contributed by atoms with Crippen molar-refractivity contribution in [3.05, 3.63) is 0 Å². The number of sulfonamides is 1. The first-order valence-corrected chi connectivity index (χ1v) is 5.73. The van der Waals surface area contributed by atoms with Gasteiger partial charge in [-0.1, -0.05) is 6.92 Å². The van der Waals surface area contributed by atoms with Gasteiger partial charge in [0.25, 0.3) is 0 Å². The van der Waals surface area contributed by atoms with Crippen molar-refractivity contribution in [2.45, 2.75) is 6.92 Å². The van der Waals surface area contributed by atoms with Crippen LogP contribution in [0.4, 0.5) is 0 Å². The van der Waals surface area contributed by atoms with E-state index in [0.717, 1.165) is 0 Å². The van der Waals surface area contributed by atoms with Gasteiger partial charge in [-0.05, 0) is 0 Å². The molecule has 0 bridgehead atoms. The fraction of sp³-hybridized carbons (Fsp3) is 0.857. The Morgan fingerprint density at radius 1 is 1.57 bits per heavy atom. The van der Waals surface area contributed by atoms with Gasteiger partial charge in [0.05, 0.1) is 18.3 Å². The molecule has 84 valence electrons. The number of carbonyl (C=O) groups is 1. The molecule has 0 heterocycles. The van der Waals surface area contributed by atoms with Crippen molar-refractivity contribution in [3.8, 4) is 0 Å². The summed E-state index contributed by atoms with van der Waals surface area (Å²) in [6.45, 7) is 1.43. The van der Waals surface area contributed by atoms with E-state index in [4.69, 9.17) is 5.11 Å². The Hall–Kier alpha value is -0.660. The van der Waals surface area contributed by atoms with Crippen LogP contribution in [0.5, 0.6) is 0 Å². The molecule has 0 fully saturated rings. The summed E-state index contributed by atoms with van der Waals surface area (Å²) in [7, 11) is -2.01. The van der Waals surface area contributed by atoms with Crippen LogP contribution in [0.2, 0.25) is 0 Å². The number of ether oxygens (including phenoxy) is 1. The summed E-state index contributed by atoms with van der Waals surface area (Å²) in [6, 6.07) is 0. The average molecular weight is 225 g/mol. The Labute approximate surface area is 83.3 Å². The summed E-state index contributed by atoms with van der Waals surface area (Å²) in [5.74, 6) is -1.91. The highest BCUT2D eigenvalue weighted by Crippen LogP contribution is 1.94. The van der Waals surface area contributed by atoms with Gasteiger partial charge >= 0.3 is 5.97 Å². The van der Waals surface area contributed by atoms with E-state index in [-0.39, 0.29) is 18.9 Å². The summed E-state index contributed by atoms with van der Waals surface area (Å²) in [6.07, 6.45) is 0. The minimum atomic E-state index is -3.41. The van der Waals surface area contributed by atoms with E-state index < -0.39 is 21.9 Å². The number of hydrogen-bond acceptors (Lipinski definition) is 4. The molecule has 2 N–H and O–H groups in total. The SMILES string of the molecule is COCCS(=O)(=O)NCC(C)C(=O)O. The van der Waals surface area contributed by atoms with Gasteiger partial charge in [0, 0.05) is 13.7 Å². The zero-order valence-corrected chi connectivity index (χ0v) is 9.00. The zero-order valence-electron chi connectivity index (χ0n) is 8.19. The highest BCUT2D eigenvalue weighted by atomic mass is 32.2. The maximum absolute atomic E-state index is 11.1. The van der Waals surface area contributed by atoms with Crippen LogP contribution in [0.1, 0.15) is 6.92 Å². The van der Waals surface area contributed by atoms with Gasteiger partial charge in [0.15, 0.2) is 0 Å². The predicted molar refractivity (Wildman–Crippen MR) is 50.5 cm³/mol. The highest BCUT2D eigenvalue weighted by Gasteiger charge is 2.15. The molecule has 1 unspecified atom stereocenters. The van der Waals surface area contributed by atoms with Crippen LogP contribution < -0.4 is 4.72 Å². The number of carboxylic acids is 1. The number of rotatable bonds is 7. The maximum atomic E-state index is 11.1. The van der Waals surface area contributed by atoms with E-state index in [1.54, 1.807) is 0 Å². The molecule has 0 aromatic rings. The van der Waals surface area contributed by atoms with Gasteiger partial charge in [0.1, 0.15) is 0 Å². The monoisotopic (exact) mass is 225 g/mol.